The largest absolute Gasteiger partial charge is 0.493 e. The summed E-state index contributed by atoms with van der Waals surface area (Å²) >= 11 is 11.8. The first kappa shape index (κ1) is 18.2. The van der Waals surface area contributed by atoms with E-state index in [4.69, 9.17) is 27.9 Å². The number of aromatic hydroxyl groups is 1. The van der Waals surface area contributed by atoms with Crippen molar-refractivity contribution in [1.29, 1.82) is 0 Å². The van der Waals surface area contributed by atoms with Gasteiger partial charge in [0.15, 0.2) is 5.69 Å². The lowest BCUT2D eigenvalue weighted by molar-refractivity contribution is -0.118. The molecule has 0 radical (unpaired) electrons. The molecule has 1 heterocycles. The zero-order valence-corrected chi connectivity index (χ0v) is 15.1. The predicted molar refractivity (Wildman–Crippen MR) is 101 cm³/mol. The Labute approximate surface area is 159 Å². The second-order valence-corrected chi connectivity index (χ2v) is 6.33. The minimum absolute atomic E-state index is 0.122. The number of benzene rings is 2. The van der Waals surface area contributed by atoms with Gasteiger partial charge in [-0.2, -0.15) is 0 Å². The molecule has 3 rings (SSSR count). The van der Waals surface area contributed by atoms with Gasteiger partial charge in [-0.1, -0.05) is 41.4 Å². The van der Waals surface area contributed by atoms with E-state index >= 15 is 0 Å². The minimum atomic E-state index is -0.402. The summed E-state index contributed by atoms with van der Waals surface area (Å²) in [4.78, 5) is 14.6. The number of hydrogen-bond donors (Lipinski definition) is 2. The van der Waals surface area contributed by atoms with Gasteiger partial charge in [0.2, 0.25) is 5.88 Å². The van der Waals surface area contributed by atoms with E-state index in [1.807, 2.05) is 12.1 Å². The number of carbonyl (C=O) groups is 1. The van der Waals surface area contributed by atoms with Crippen LogP contribution >= 0.6 is 23.2 Å². The number of carbonyl (C=O) groups excluding carboxylic acids is 1. The monoisotopic (exact) mass is 391 g/mol. The summed E-state index contributed by atoms with van der Waals surface area (Å²) in [5, 5.41) is 19.0. The van der Waals surface area contributed by atoms with E-state index in [1.165, 1.54) is 0 Å². The van der Waals surface area contributed by atoms with Crippen LogP contribution in [0, 0.1) is 0 Å². The Bertz CT molecular complexity index is 969. The van der Waals surface area contributed by atoms with Crippen molar-refractivity contribution in [2.75, 3.05) is 6.61 Å². The number of halogens is 2. The van der Waals surface area contributed by atoms with Gasteiger partial charge in [-0.15, -0.1) is 10.2 Å². The number of H-pyrrole nitrogens is 1. The fraction of sp³-hybridized carbons (Fsp3) is 0.167. The highest BCUT2D eigenvalue weighted by atomic mass is 35.5. The Morgan fingerprint density at radius 2 is 2.00 bits per heavy atom. The van der Waals surface area contributed by atoms with E-state index < -0.39 is 5.91 Å². The molecule has 1 aromatic heterocycles. The van der Waals surface area contributed by atoms with Crippen LogP contribution in [0.4, 0.5) is 5.69 Å². The number of ether oxygens (including phenoxy) is 1. The van der Waals surface area contributed by atoms with Gasteiger partial charge in [-0.3, -0.25) is 4.79 Å². The normalized spacial score (nSPS) is 11.3. The number of amides is 1. The van der Waals surface area contributed by atoms with Crippen LogP contribution in [-0.4, -0.2) is 22.6 Å². The van der Waals surface area contributed by atoms with Crippen molar-refractivity contribution in [3.05, 3.63) is 52.5 Å². The van der Waals surface area contributed by atoms with Crippen LogP contribution in [-0.2, 0) is 4.79 Å². The molecule has 0 saturated carbocycles. The van der Waals surface area contributed by atoms with E-state index in [9.17, 15) is 9.90 Å². The molecular formula is C18H15Cl2N3O3. The Balaban J connectivity index is 1.52. The van der Waals surface area contributed by atoms with Crippen molar-refractivity contribution in [1.82, 2.24) is 4.98 Å². The second kappa shape index (κ2) is 8.21. The fourth-order valence-electron chi connectivity index (χ4n) is 2.37. The number of nitrogens with zero attached hydrogens (tertiary/aromatic N) is 2. The first-order valence-corrected chi connectivity index (χ1v) is 8.62. The predicted octanol–water partition coefficient (Wildman–Crippen LogP) is 5.65. The quantitative estimate of drug-likeness (QED) is 0.420. The maximum absolute atomic E-state index is 11.9. The second-order valence-electron chi connectivity index (χ2n) is 5.49. The maximum atomic E-state index is 11.9. The van der Waals surface area contributed by atoms with E-state index in [1.54, 1.807) is 30.3 Å². The van der Waals surface area contributed by atoms with E-state index in [-0.39, 0.29) is 18.0 Å². The summed E-state index contributed by atoms with van der Waals surface area (Å²) in [6, 6.07) is 12.2. The summed E-state index contributed by atoms with van der Waals surface area (Å²) in [5.74, 6) is -0.0159. The maximum Gasteiger partial charge on any atom is 0.264 e. The topological polar surface area (TPSA) is 87.0 Å². The summed E-state index contributed by atoms with van der Waals surface area (Å²) in [7, 11) is 0. The van der Waals surface area contributed by atoms with E-state index in [2.05, 4.69) is 15.2 Å². The van der Waals surface area contributed by atoms with Crippen molar-refractivity contribution < 1.29 is 14.6 Å². The molecule has 0 atom stereocenters. The first-order chi connectivity index (χ1) is 12.5. The highest BCUT2D eigenvalue weighted by molar-refractivity contribution is 6.35. The number of rotatable bonds is 6. The molecular weight excluding hydrogens is 377 g/mol. The standard InChI is InChI=1S/C18H15Cl2N3O3/c19-11-7-8-15(13(20)10-11)26-9-3-6-16(24)22-23-17-12-4-1-2-5-14(12)21-18(17)25/h1-2,4-5,7-8,10,21,25H,3,6,9H2. The van der Waals surface area contributed by atoms with Crippen LogP contribution in [0.25, 0.3) is 10.9 Å². The highest BCUT2D eigenvalue weighted by Gasteiger charge is 2.10. The van der Waals surface area contributed by atoms with Gasteiger partial charge in [0.05, 0.1) is 17.1 Å². The van der Waals surface area contributed by atoms with Gasteiger partial charge in [0.25, 0.3) is 5.91 Å². The number of nitrogens with one attached hydrogen (secondary N) is 1. The Hall–Kier alpha value is -2.57. The van der Waals surface area contributed by atoms with Gasteiger partial charge in [0, 0.05) is 16.8 Å². The van der Waals surface area contributed by atoms with Crippen LogP contribution in [0.5, 0.6) is 11.6 Å². The average molecular weight is 392 g/mol. The van der Waals surface area contributed by atoms with Gasteiger partial charge in [-0.05, 0) is 30.7 Å². The Morgan fingerprint density at radius 3 is 2.81 bits per heavy atom. The van der Waals surface area contributed by atoms with Gasteiger partial charge in [0.1, 0.15) is 5.75 Å². The highest BCUT2D eigenvalue weighted by Crippen LogP contribution is 2.35. The van der Waals surface area contributed by atoms with E-state index in [0.717, 1.165) is 5.52 Å². The molecule has 0 aliphatic carbocycles. The van der Waals surface area contributed by atoms with Crippen molar-refractivity contribution in [3.63, 3.8) is 0 Å². The molecule has 6 nitrogen and oxygen atoms in total. The molecule has 2 aromatic carbocycles. The molecule has 3 aromatic rings. The molecule has 0 aliphatic rings. The molecule has 26 heavy (non-hydrogen) atoms. The molecule has 134 valence electrons. The number of azo groups is 1. The number of para-hydroxylation sites is 1. The van der Waals surface area contributed by atoms with Crippen LogP contribution < -0.4 is 4.74 Å². The third-order valence-corrected chi connectivity index (χ3v) is 4.14. The van der Waals surface area contributed by atoms with Crippen LogP contribution in [0.1, 0.15) is 12.8 Å². The number of fused-ring (bicyclic) bond motifs is 1. The van der Waals surface area contributed by atoms with Crippen molar-refractivity contribution in [3.8, 4) is 11.6 Å². The summed E-state index contributed by atoms with van der Waals surface area (Å²) in [6.07, 6.45) is 0.620. The molecule has 2 N–H and O–H groups in total. The Kier molecular flexibility index (Phi) is 5.75. The third-order valence-electron chi connectivity index (χ3n) is 3.61. The number of aromatic amines is 1. The molecule has 0 aliphatic heterocycles. The zero-order valence-electron chi connectivity index (χ0n) is 13.6. The molecule has 0 fully saturated rings. The zero-order chi connectivity index (χ0) is 18.5. The lowest BCUT2D eigenvalue weighted by Crippen LogP contribution is -2.01. The minimum Gasteiger partial charge on any atom is -0.493 e. The van der Waals surface area contributed by atoms with Crippen LogP contribution in [0.15, 0.2) is 52.7 Å². The number of hydrogen-bond acceptors (Lipinski definition) is 4. The molecule has 0 saturated heterocycles. The molecule has 0 bridgehead atoms. The first-order valence-electron chi connectivity index (χ1n) is 7.86. The van der Waals surface area contributed by atoms with Crippen LogP contribution in [0.3, 0.4) is 0 Å². The molecule has 0 spiro atoms. The lowest BCUT2D eigenvalue weighted by Gasteiger charge is -2.07. The summed E-state index contributed by atoms with van der Waals surface area (Å²) in [6.45, 7) is 0.306. The molecule has 0 unspecified atom stereocenters. The van der Waals surface area contributed by atoms with Gasteiger partial charge in [-0.25, -0.2) is 0 Å². The Morgan fingerprint density at radius 1 is 1.19 bits per heavy atom. The van der Waals surface area contributed by atoms with E-state index in [0.29, 0.717) is 34.2 Å². The van der Waals surface area contributed by atoms with Crippen LogP contribution in [0.2, 0.25) is 10.0 Å². The van der Waals surface area contributed by atoms with Crippen molar-refractivity contribution >= 4 is 45.7 Å². The SMILES string of the molecule is O=C(CCCOc1ccc(Cl)cc1Cl)N=Nc1c(O)[nH]c2ccccc12. The fourth-order valence-corrected chi connectivity index (χ4v) is 2.83. The molecule has 1 amide bonds. The third kappa shape index (κ3) is 4.33. The number of aromatic nitrogens is 1. The summed E-state index contributed by atoms with van der Waals surface area (Å²) in [5.41, 5.74) is 0.970. The van der Waals surface area contributed by atoms with Gasteiger partial charge < -0.3 is 14.8 Å². The smallest absolute Gasteiger partial charge is 0.264 e. The average Bonchev–Trinajstić information content (AvgIpc) is 2.93. The molecule has 8 heteroatoms. The summed E-state index contributed by atoms with van der Waals surface area (Å²) < 4.78 is 5.51. The van der Waals surface area contributed by atoms with Crippen molar-refractivity contribution in [2.45, 2.75) is 12.8 Å². The van der Waals surface area contributed by atoms with Gasteiger partial charge >= 0.3 is 0 Å². The van der Waals surface area contributed by atoms with Crippen molar-refractivity contribution in [2.24, 2.45) is 10.2 Å². The lowest BCUT2D eigenvalue weighted by atomic mass is 10.2.